The van der Waals surface area contributed by atoms with E-state index in [-0.39, 0.29) is 0 Å². The summed E-state index contributed by atoms with van der Waals surface area (Å²) in [4.78, 5) is 4.48. The standard InChI is InChI=1S/C16H20N2/c1-11(2)13-9-14(10-13)18-15-7-3-5-12-6-4-8-17-16(12)15/h3-8,11,13-14,18H,9-10H2,1-2H3. The van der Waals surface area contributed by atoms with E-state index >= 15 is 0 Å². The molecule has 0 atom stereocenters. The molecule has 2 heteroatoms. The van der Waals surface area contributed by atoms with Crippen molar-refractivity contribution < 1.29 is 0 Å². The van der Waals surface area contributed by atoms with Crippen LogP contribution >= 0.6 is 0 Å². The van der Waals surface area contributed by atoms with E-state index < -0.39 is 0 Å². The van der Waals surface area contributed by atoms with Gasteiger partial charge in [0.15, 0.2) is 0 Å². The summed E-state index contributed by atoms with van der Waals surface area (Å²) < 4.78 is 0. The molecule has 0 amide bonds. The lowest BCUT2D eigenvalue weighted by molar-refractivity contribution is 0.212. The van der Waals surface area contributed by atoms with E-state index in [0.29, 0.717) is 6.04 Å². The zero-order valence-corrected chi connectivity index (χ0v) is 11.1. The summed E-state index contributed by atoms with van der Waals surface area (Å²) in [6, 6.07) is 11.1. The van der Waals surface area contributed by atoms with Gasteiger partial charge in [-0.2, -0.15) is 0 Å². The molecule has 1 aliphatic carbocycles. The molecule has 94 valence electrons. The van der Waals surface area contributed by atoms with Gasteiger partial charge in [0.05, 0.1) is 11.2 Å². The molecule has 0 aliphatic heterocycles. The maximum atomic E-state index is 4.48. The van der Waals surface area contributed by atoms with Crippen LogP contribution in [0.2, 0.25) is 0 Å². The quantitative estimate of drug-likeness (QED) is 0.874. The summed E-state index contributed by atoms with van der Waals surface area (Å²) in [6.45, 7) is 4.64. The molecule has 0 unspecified atom stereocenters. The van der Waals surface area contributed by atoms with Gasteiger partial charge in [0.1, 0.15) is 0 Å². The predicted octanol–water partition coefficient (Wildman–Crippen LogP) is 4.08. The number of anilines is 1. The highest BCUT2D eigenvalue weighted by Gasteiger charge is 2.31. The largest absolute Gasteiger partial charge is 0.381 e. The summed E-state index contributed by atoms with van der Waals surface area (Å²) in [5.74, 6) is 1.71. The molecule has 0 spiro atoms. The molecule has 1 heterocycles. The molecule has 1 fully saturated rings. The zero-order valence-electron chi connectivity index (χ0n) is 11.1. The van der Waals surface area contributed by atoms with Gasteiger partial charge in [-0.05, 0) is 36.8 Å². The van der Waals surface area contributed by atoms with Crippen molar-refractivity contribution >= 4 is 16.6 Å². The topological polar surface area (TPSA) is 24.9 Å². The number of pyridine rings is 1. The molecule has 0 radical (unpaired) electrons. The SMILES string of the molecule is CC(C)C1CC(Nc2cccc3cccnc23)C1. The van der Waals surface area contributed by atoms with Gasteiger partial charge in [0, 0.05) is 17.6 Å². The average molecular weight is 240 g/mol. The van der Waals surface area contributed by atoms with Gasteiger partial charge in [-0.25, -0.2) is 0 Å². The van der Waals surface area contributed by atoms with E-state index in [1.807, 2.05) is 12.3 Å². The number of nitrogens with one attached hydrogen (secondary N) is 1. The second-order valence-electron chi connectivity index (χ2n) is 5.70. The Morgan fingerprint density at radius 3 is 2.72 bits per heavy atom. The maximum Gasteiger partial charge on any atom is 0.0933 e. The Bertz CT molecular complexity index is 536. The van der Waals surface area contributed by atoms with Crippen LogP contribution in [0.1, 0.15) is 26.7 Å². The first-order chi connectivity index (χ1) is 8.74. The number of hydrogen-bond acceptors (Lipinski definition) is 2. The minimum Gasteiger partial charge on any atom is -0.381 e. The highest BCUT2D eigenvalue weighted by Crippen LogP contribution is 2.36. The molecular weight excluding hydrogens is 220 g/mol. The van der Waals surface area contributed by atoms with Crippen LogP contribution in [0.5, 0.6) is 0 Å². The first kappa shape index (κ1) is 11.5. The lowest BCUT2D eigenvalue weighted by Gasteiger charge is -2.39. The Kier molecular flexibility index (Phi) is 2.94. The molecule has 1 aromatic carbocycles. The summed E-state index contributed by atoms with van der Waals surface area (Å²) in [7, 11) is 0. The zero-order chi connectivity index (χ0) is 12.5. The van der Waals surface area contributed by atoms with Crippen molar-refractivity contribution in [2.45, 2.75) is 32.7 Å². The van der Waals surface area contributed by atoms with E-state index in [0.717, 1.165) is 17.4 Å². The van der Waals surface area contributed by atoms with Crippen LogP contribution in [0.15, 0.2) is 36.5 Å². The minimum atomic E-state index is 0.630. The molecule has 2 nitrogen and oxygen atoms in total. The number of aromatic nitrogens is 1. The van der Waals surface area contributed by atoms with E-state index in [9.17, 15) is 0 Å². The van der Waals surface area contributed by atoms with Crippen LogP contribution in [0.25, 0.3) is 10.9 Å². The van der Waals surface area contributed by atoms with Gasteiger partial charge in [-0.3, -0.25) is 4.98 Å². The fourth-order valence-electron chi connectivity index (χ4n) is 2.76. The molecule has 3 rings (SSSR count). The van der Waals surface area contributed by atoms with Gasteiger partial charge < -0.3 is 5.32 Å². The Labute approximate surface area is 108 Å². The molecule has 1 aliphatic rings. The van der Waals surface area contributed by atoms with Gasteiger partial charge in [-0.15, -0.1) is 0 Å². The number of para-hydroxylation sites is 1. The molecule has 1 N–H and O–H groups in total. The van der Waals surface area contributed by atoms with E-state index in [1.54, 1.807) is 0 Å². The van der Waals surface area contributed by atoms with Crippen molar-refractivity contribution in [2.75, 3.05) is 5.32 Å². The highest BCUT2D eigenvalue weighted by molar-refractivity contribution is 5.90. The molecule has 1 saturated carbocycles. The number of nitrogens with zero attached hydrogens (tertiary/aromatic N) is 1. The van der Waals surface area contributed by atoms with E-state index in [1.165, 1.54) is 23.9 Å². The Morgan fingerprint density at radius 2 is 1.94 bits per heavy atom. The third kappa shape index (κ3) is 2.07. The van der Waals surface area contributed by atoms with Crippen molar-refractivity contribution in [1.82, 2.24) is 4.98 Å². The van der Waals surface area contributed by atoms with Gasteiger partial charge >= 0.3 is 0 Å². The summed E-state index contributed by atoms with van der Waals surface area (Å²) in [5.41, 5.74) is 2.27. The normalized spacial score (nSPS) is 23.1. The van der Waals surface area contributed by atoms with Crippen LogP contribution in [-0.2, 0) is 0 Å². The second kappa shape index (κ2) is 4.60. The number of rotatable bonds is 3. The van der Waals surface area contributed by atoms with Gasteiger partial charge in [0.2, 0.25) is 0 Å². The van der Waals surface area contributed by atoms with Crippen LogP contribution < -0.4 is 5.32 Å². The number of benzene rings is 1. The predicted molar refractivity (Wildman–Crippen MR) is 76.7 cm³/mol. The summed E-state index contributed by atoms with van der Waals surface area (Å²) >= 11 is 0. The van der Waals surface area contributed by atoms with Crippen LogP contribution in [0, 0.1) is 11.8 Å². The molecule has 0 bridgehead atoms. The molecule has 0 saturated heterocycles. The average Bonchev–Trinajstić information content (AvgIpc) is 2.33. The molecule has 1 aromatic heterocycles. The van der Waals surface area contributed by atoms with Gasteiger partial charge in [-0.1, -0.05) is 32.0 Å². The van der Waals surface area contributed by atoms with Gasteiger partial charge in [0.25, 0.3) is 0 Å². The minimum absolute atomic E-state index is 0.630. The lowest BCUT2D eigenvalue weighted by atomic mass is 9.73. The van der Waals surface area contributed by atoms with Crippen molar-refractivity contribution in [3.05, 3.63) is 36.5 Å². The van der Waals surface area contributed by atoms with Crippen molar-refractivity contribution in [3.8, 4) is 0 Å². The smallest absolute Gasteiger partial charge is 0.0933 e. The van der Waals surface area contributed by atoms with E-state index in [4.69, 9.17) is 0 Å². The van der Waals surface area contributed by atoms with Crippen LogP contribution in [0.4, 0.5) is 5.69 Å². The van der Waals surface area contributed by atoms with Crippen molar-refractivity contribution in [3.63, 3.8) is 0 Å². The first-order valence-corrected chi connectivity index (χ1v) is 6.84. The van der Waals surface area contributed by atoms with Crippen LogP contribution in [0.3, 0.4) is 0 Å². The number of hydrogen-bond donors (Lipinski definition) is 1. The molecule has 2 aromatic rings. The van der Waals surface area contributed by atoms with Crippen molar-refractivity contribution in [2.24, 2.45) is 11.8 Å². The third-order valence-corrected chi connectivity index (χ3v) is 4.11. The monoisotopic (exact) mass is 240 g/mol. The van der Waals surface area contributed by atoms with Crippen molar-refractivity contribution in [1.29, 1.82) is 0 Å². The Morgan fingerprint density at radius 1 is 1.17 bits per heavy atom. The second-order valence-corrected chi connectivity index (χ2v) is 5.70. The molecular formula is C16H20N2. The molecule has 18 heavy (non-hydrogen) atoms. The van der Waals surface area contributed by atoms with E-state index in [2.05, 4.69) is 48.4 Å². The summed E-state index contributed by atoms with van der Waals surface area (Å²) in [6.07, 6.45) is 4.45. The Balaban J connectivity index is 1.76. The first-order valence-electron chi connectivity index (χ1n) is 6.84. The highest BCUT2D eigenvalue weighted by atomic mass is 15.0. The third-order valence-electron chi connectivity index (χ3n) is 4.11. The number of fused-ring (bicyclic) bond motifs is 1. The fourth-order valence-corrected chi connectivity index (χ4v) is 2.76. The lowest BCUT2D eigenvalue weighted by Crippen LogP contribution is -2.37. The summed E-state index contributed by atoms with van der Waals surface area (Å²) in [5, 5.41) is 4.85. The fraction of sp³-hybridized carbons (Fsp3) is 0.438. The maximum absolute atomic E-state index is 4.48. The Hall–Kier alpha value is -1.57. The van der Waals surface area contributed by atoms with Crippen LogP contribution in [-0.4, -0.2) is 11.0 Å².